The van der Waals surface area contributed by atoms with Crippen LogP contribution in [-0.2, 0) is 6.42 Å². The third-order valence-electron chi connectivity index (χ3n) is 1.39. The molecule has 0 bridgehead atoms. The van der Waals surface area contributed by atoms with Gasteiger partial charge < -0.3 is 0 Å². The molecule has 0 aliphatic heterocycles. The van der Waals surface area contributed by atoms with Gasteiger partial charge in [0.2, 0.25) is 0 Å². The van der Waals surface area contributed by atoms with Crippen LogP contribution in [-0.4, -0.2) is 9.36 Å². The van der Waals surface area contributed by atoms with Gasteiger partial charge in [-0.3, -0.25) is 0 Å². The Morgan fingerprint density at radius 2 is 2.27 bits per heavy atom. The SMILES string of the molecule is CC(C)CCc1nsc(Br)n1. The van der Waals surface area contributed by atoms with E-state index in [9.17, 15) is 0 Å². The molecule has 1 rings (SSSR count). The zero-order valence-corrected chi connectivity index (χ0v) is 9.07. The van der Waals surface area contributed by atoms with Crippen LogP contribution in [0.1, 0.15) is 26.1 Å². The molecule has 1 aromatic heterocycles. The molecule has 0 unspecified atom stereocenters. The highest BCUT2D eigenvalue weighted by atomic mass is 79.9. The smallest absolute Gasteiger partial charge is 0.179 e. The lowest BCUT2D eigenvalue weighted by molar-refractivity contribution is 0.577. The van der Waals surface area contributed by atoms with E-state index in [4.69, 9.17) is 0 Å². The maximum Gasteiger partial charge on any atom is 0.179 e. The van der Waals surface area contributed by atoms with Crippen molar-refractivity contribution in [3.8, 4) is 0 Å². The van der Waals surface area contributed by atoms with Gasteiger partial charge in [0, 0.05) is 6.42 Å². The number of rotatable bonds is 3. The highest BCUT2D eigenvalue weighted by molar-refractivity contribution is 9.11. The monoisotopic (exact) mass is 234 g/mol. The van der Waals surface area contributed by atoms with Gasteiger partial charge in [-0.15, -0.1) is 0 Å². The molecule has 0 saturated carbocycles. The molecular weight excluding hydrogens is 224 g/mol. The molecule has 0 N–H and O–H groups in total. The Morgan fingerprint density at radius 3 is 2.73 bits per heavy atom. The average molecular weight is 235 g/mol. The maximum absolute atomic E-state index is 4.21. The van der Waals surface area contributed by atoms with Gasteiger partial charge in [-0.2, -0.15) is 4.37 Å². The number of hydrogen-bond donors (Lipinski definition) is 0. The number of aromatic nitrogens is 2. The minimum absolute atomic E-state index is 0.734. The lowest BCUT2D eigenvalue weighted by Gasteiger charge is -1.99. The summed E-state index contributed by atoms with van der Waals surface area (Å²) in [5.74, 6) is 1.70. The molecule has 11 heavy (non-hydrogen) atoms. The second-order valence-corrected chi connectivity index (χ2v) is 4.92. The fourth-order valence-corrected chi connectivity index (χ4v) is 1.63. The maximum atomic E-state index is 4.21. The van der Waals surface area contributed by atoms with E-state index < -0.39 is 0 Å². The second kappa shape index (κ2) is 4.16. The van der Waals surface area contributed by atoms with Crippen molar-refractivity contribution >= 4 is 27.5 Å². The van der Waals surface area contributed by atoms with Crippen molar-refractivity contribution < 1.29 is 0 Å². The van der Waals surface area contributed by atoms with E-state index in [1.54, 1.807) is 0 Å². The van der Waals surface area contributed by atoms with Gasteiger partial charge in [-0.25, -0.2) is 4.98 Å². The van der Waals surface area contributed by atoms with Crippen molar-refractivity contribution in [3.63, 3.8) is 0 Å². The van der Waals surface area contributed by atoms with E-state index in [-0.39, 0.29) is 0 Å². The normalized spacial score (nSPS) is 10.9. The summed E-state index contributed by atoms with van der Waals surface area (Å²) in [4.78, 5) is 4.21. The first kappa shape index (κ1) is 9.13. The third-order valence-corrected chi connectivity index (χ3v) is 2.54. The first-order chi connectivity index (χ1) is 5.18. The molecule has 0 amide bonds. The van der Waals surface area contributed by atoms with E-state index in [2.05, 4.69) is 39.1 Å². The standard InChI is InChI=1S/C7H11BrN2S/c1-5(2)3-4-6-9-7(8)11-10-6/h5H,3-4H2,1-2H3. The third kappa shape index (κ3) is 3.29. The van der Waals surface area contributed by atoms with Crippen molar-refractivity contribution in [2.75, 3.05) is 0 Å². The molecule has 1 heterocycles. The summed E-state index contributed by atoms with van der Waals surface area (Å²) in [5.41, 5.74) is 0. The van der Waals surface area contributed by atoms with Gasteiger partial charge in [0.1, 0.15) is 5.82 Å². The number of nitrogens with zero attached hydrogens (tertiary/aromatic N) is 2. The molecule has 0 fully saturated rings. The Morgan fingerprint density at radius 1 is 1.55 bits per heavy atom. The molecule has 0 aliphatic carbocycles. The molecule has 0 aromatic carbocycles. The molecule has 62 valence electrons. The fraction of sp³-hybridized carbons (Fsp3) is 0.714. The summed E-state index contributed by atoms with van der Waals surface area (Å²) >= 11 is 4.70. The Hall–Kier alpha value is 0.0400. The van der Waals surface area contributed by atoms with Gasteiger partial charge in [-0.05, 0) is 39.8 Å². The summed E-state index contributed by atoms with van der Waals surface area (Å²) in [6.45, 7) is 4.42. The first-order valence-corrected chi connectivity index (χ1v) is 5.23. The van der Waals surface area contributed by atoms with E-state index in [1.807, 2.05) is 0 Å². The van der Waals surface area contributed by atoms with Crippen LogP contribution in [0.2, 0.25) is 0 Å². The summed E-state index contributed by atoms with van der Waals surface area (Å²) < 4.78 is 5.06. The number of aryl methyl sites for hydroxylation is 1. The largest absolute Gasteiger partial charge is 0.212 e. The van der Waals surface area contributed by atoms with E-state index in [1.165, 1.54) is 18.0 Å². The van der Waals surface area contributed by atoms with E-state index >= 15 is 0 Å². The van der Waals surface area contributed by atoms with Gasteiger partial charge >= 0.3 is 0 Å². The van der Waals surface area contributed by atoms with Crippen molar-refractivity contribution in [1.82, 2.24) is 9.36 Å². The molecule has 0 aliphatic rings. The van der Waals surface area contributed by atoms with Gasteiger partial charge in [-0.1, -0.05) is 13.8 Å². The van der Waals surface area contributed by atoms with Crippen LogP contribution in [0.5, 0.6) is 0 Å². The van der Waals surface area contributed by atoms with Crippen LogP contribution < -0.4 is 0 Å². The van der Waals surface area contributed by atoms with Crippen molar-refractivity contribution in [3.05, 3.63) is 9.74 Å². The fourth-order valence-electron chi connectivity index (χ4n) is 0.752. The number of halogens is 1. The molecule has 0 spiro atoms. The summed E-state index contributed by atoms with van der Waals surface area (Å²) in [6.07, 6.45) is 2.17. The number of hydrogen-bond acceptors (Lipinski definition) is 3. The Labute approximate surface area is 79.3 Å². The minimum atomic E-state index is 0.734. The zero-order valence-electron chi connectivity index (χ0n) is 6.67. The Kier molecular flexibility index (Phi) is 3.45. The first-order valence-electron chi connectivity index (χ1n) is 3.66. The van der Waals surface area contributed by atoms with E-state index in [0.29, 0.717) is 0 Å². The van der Waals surface area contributed by atoms with Crippen molar-refractivity contribution in [1.29, 1.82) is 0 Å². The Bertz CT molecular complexity index is 222. The molecule has 4 heteroatoms. The van der Waals surface area contributed by atoms with Crippen LogP contribution in [0.15, 0.2) is 3.92 Å². The Balaban J connectivity index is 2.39. The quantitative estimate of drug-likeness (QED) is 0.804. The second-order valence-electron chi connectivity index (χ2n) is 2.90. The molecule has 2 nitrogen and oxygen atoms in total. The van der Waals surface area contributed by atoms with Crippen LogP contribution in [0.3, 0.4) is 0 Å². The molecule has 0 radical (unpaired) electrons. The van der Waals surface area contributed by atoms with Gasteiger partial charge in [0.25, 0.3) is 0 Å². The van der Waals surface area contributed by atoms with Gasteiger partial charge in [0.15, 0.2) is 3.92 Å². The van der Waals surface area contributed by atoms with E-state index in [0.717, 1.165) is 22.1 Å². The molecule has 0 saturated heterocycles. The zero-order chi connectivity index (χ0) is 8.27. The van der Waals surface area contributed by atoms with Crippen molar-refractivity contribution in [2.24, 2.45) is 5.92 Å². The summed E-state index contributed by atoms with van der Waals surface area (Å²) in [5, 5.41) is 0. The average Bonchev–Trinajstić information content (AvgIpc) is 2.31. The summed E-state index contributed by atoms with van der Waals surface area (Å²) in [7, 11) is 0. The van der Waals surface area contributed by atoms with Crippen LogP contribution in [0, 0.1) is 5.92 Å². The van der Waals surface area contributed by atoms with Crippen molar-refractivity contribution in [2.45, 2.75) is 26.7 Å². The lowest BCUT2D eigenvalue weighted by Crippen LogP contribution is -1.93. The highest BCUT2D eigenvalue weighted by Gasteiger charge is 2.01. The van der Waals surface area contributed by atoms with Crippen LogP contribution in [0.4, 0.5) is 0 Å². The molecule has 0 atom stereocenters. The molecule has 1 aromatic rings. The lowest BCUT2D eigenvalue weighted by atomic mass is 10.1. The van der Waals surface area contributed by atoms with Crippen LogP contribution >= 0.6 is 27.5 Å². The predicted octanol–water partition coefficient (Wildman–Crippen LogP) is 2.89. The summed E-state index contributed by atoms with van der Waals surface area (Å²) in [6, 6.07) is 0. The topological polar surface area (TPSA) is 25.8 Å². The molecular formula is C7H11BrN2S. The predicted molar refractivity (Wildman–Crippen MR) is 50.8 cm³/mol. The van der Waals surface area contributed by atoms with Gasteiger partial charge in [0.05, 0.1) is 0 Å². The minimum Gasteiger partial charge on any atom is -0.212 e. The highest BCUT2D eigenvalue weighted by Crippen LogP contribution is 2.14. The van der Waals surface area contributed by atoms with Crippen LogP contribution in [0.25, 0.3) is 0 Å².